The number of carbonyl (C=O) groups is 1. The first-order chi connectivity index (χ1) is 3.84. The maximum Gasteiger partial charge on any atom is 0.149 e. The molecule has 0 spiro atoms. The molecule has 0 aromatic rings. The van der Waals surface area contributed by atoms with E-state index in [1.165, 1.54) is 6.42 Å². The fraction of sp³-hybridized carbons (Fsp3) is 0.833. The highest BCUT2D eigenvalue weighted by molar-refractivity contribution is 5.83. The van der Waals surface area contributed by atoms with Crippen LogP contribution in [0.4, 0.5) is 0 Å². The third kappa shape index (κ3) is 0.892. The summed E-state index contributed by atoms with van der Waals surface area (Å²) < 4.78 is 0. The lowest BCUT2D eigenvalue weighted by atomic mass is 9.82. The molecule has 1 fully saturated rings. The van der Waals surface area contributed by atoms with E-state index in [0.717, 1.165) is 12.8 Å². The van der Waals surface area contributed by atoms with Gasteiger partial charge in [-0.1, -0.05) is 6.42 Å². The largest absolute Gasteiger partial charge is 0.324 e. The number of Topliss-reactive ketones (excluding diaryl/α,β-unsaturated/α-hetero) is 1. The van der Waals surface area contributed by atoms with Crippen molar-refractivity contribution < 1.29 is 4.79 Å². The van der Waals surface area contributed by atoms with E-state index in [4.69, 9.17) is 5.73 Å². The van der Waals surface area contributed by atoms with E-state index >= 15 is 0 Å². The Bertz CT molecular complexity index is 96.7. The third-order valence-electron chi connectivity index (χ3n) is 1.76. The van der Waals surface area contributed by atoms with Crippen molar-refractivity contribution in [1.29, 1.82) is 0 Å². The van der Waals surface area contributed by atoms with Crippen LogP contribution in [0, 0.1) is 5.92 Å². The molecule has 0 unspecified atom stereocenters. The van der Waals surface area contributed by atoms with E-state index in [0.29, 0.717) is 5.92 Å². The zero-order valence-corrected chi connectivity index (χ0v) is 4.89. The molecule has 8 heavy (non-hydrogen) atoms. The van der Waals surface area contributed by atoms with Crippen molar-refractivity contribution in [2.24, 2.45) is 11.7 Å². The van der Waals surface area contributed by atoms with Crippen LogP contribution >= 0.6 is 0 Å². The molecule has 0 aromatic heterocycles. The van der Waals surface area contributed by atoms with Crippen LogP contribution in [0.1, 0.15) is 19.3 Å². The molecule has 2 heteroatoms. The second-order valence-electron chi connectivity index (χ2n) is 2.30. The van der Waals surface area contributed by atoms with E-state index in [2.05, 4.69) is 0 Å². The summed E-state index contributed by atoms with van der Waals surface area (Å²) in [6, 6.07) is 0. The summed E-state index contributed by atoms with van der Waals surface area (Å²) in [7, 11) is 0. The zero-order valence-electron chi connectivity index (χ0n) is 4.89. The molecule has 0 radical (unpaired) electrons. The Morgan fingerprint density at radius 2 is 2.25 bits per heavy atom. The van der Waals surface area contributed by atoms with Crippen molar-refractivity contribution in [2.45, 2.75) is 19.3 Å². The minimum atomic E-state index is 0.241. The fourth-order valence-corrected chi connectivity index (χ4v) is 0.897. The Kier molecular flexibility index (Phi) is 1.63. The molecule has 1 aliphatic rings. The number of rotatable bonds is 2. The molecule has 2 N–H and O–H groups in total. The average molecular weight is 113 g/mol. The van der Waals surface area contributed by atoms with Gasteiger partial charge in [-0.2, -0.15) is 0 Å². The molecule has 0 aliphatic heterocycles. The first-order valence-electron chi connectivity index (χ1n) is 3.07. The summed E-state index contributed by atoms with van der Waals surface area (Å²) in [5.41, 5.74) is 5.13. The second kappa shape index (κ2) is 2.27. The number of ketones is 1. The van der Waals surface area contributed by atoms with Crippen LogP contribution in [0.3, 0.4) is 0 Å². The van der Waals surface area contributed by atoms with E-state index in [-0.39, 0.29) is 12.3 Å². The van der Waals surface area contributed by atoms with Gasteiger partial charge in [0.25, 0.3) is 0 Å². The smallest absolute Gasteiger partial charge is 0.149 e. The lowest BCUT2D eigenvalue weighted by Crippen LogP contribution is -2.27. The maximum absolute atomic E-state index is 10.7. The molecule has 1 saturated carbocycles. The van der Waals surface area contributed by atoms with Gasteiger partial charge in [0.2, 0.25) is 0 Å². The first kappa shape index (κ1) is 5.76. The van der Waals surface area contributed by atoms with Crippen LogP contribution in [0.15, 0.2) is 0 Å². The summed E-state index contributed by atoms with van der Waals surface area (Å²) in [6.45, 7) is 0.241. The predicted molar refractivity (Wildman–Crippen MR) is 31.4 cm³/mol. The van der Waals surface area contributed by atoms with Crippen molar-refractivity contribution in [3.05, 3.63) is 0 Å². The number of nitrogens with two attached hydrogens (primary N) is 1. The Morgan fingerprint density at radius 3 is 2.38 bits per heavy atom. The number of hydrogen-bond acceptors (Lipinski definition) is 2. The average Bonchev–Trinajstić information content (AvgIpc) is 1.62. The van der Waals surface area contributed by atoms with Gasteiger partial charge < -0.3 is 5.73 Å². The van der Waals surface area contributed by atoms with Gasteiger partial charge in [-0.15, -0.1) is 0 Å². The molecule has 1 rings (SSSR count). The van der Waals surface area contributed by atoms with Crippen molar-refractivity contribution in [1.82, 2.24) is 0 Å². The highest BCUT2D eigenvalue weighted by Crippen LogP contribution is 2.26. The first-order valence-corrected chi connectivity index (χ1v) is 3.07. The van der Waals surface area contributed by atoms with Gasteiger partial charge in [0.05, 0.1) is 6.54 Å². The molecule has 0 aromatic carbocycles. The molecule has 0 atom stereocenters. The minimum absolute atomic E-state index is 0.241. The summed E-state index contributed by atoms with van der Waals surface area (Å²) >= 11 is 0. The second-order valence-corrected chi connectivity index (χ2v) is 2.30. The minimum Gasteiger partial charge on any atom is -0.324 e. The fourth-order valence-electron chi connectivity index (χ4n) is 0.897. The summed E-state index contributed by atoms with van der Waals surface area (Å²) in [5, 5.41) is 0. The Labute approximate surface area is 49.1 Å². The van der Waals surface area contributed by atoms with Crippen LogP contribution in [0.2, 0.25) is 0 Å². The van der Waals surface area contributed by atoms with E-state index in [1.54, 1.807) is 0 Å². The van der Waals surface area contributed by atoms with Crippen LogP contribution in [0.25, 0.3) is 0 Å². The van der Waals surface area contributed by atoms with Gasteiger partial charge in [-0.25, -0.2) is 0 Å². The molecule has 2 nitrogen and oxygen atoms in total. The molecule has 0 heterocycles. The monoisotopic (exact) mass is 113 g/mol. The van der Waals surface area contributed by atoms with Crippen molar-refractivity contribution in [2.75, 3.05) is 6.54 Å². The van der Waals surface area contributed by atoms with Gasteiger partial charge >= 0.3 is 0 Å². The maximum atomic E-state index is 10.7. The van der Waals surface area contributed by atoms with E-state index in [1.807, 2.05) is 0 Å². The standard InChI is InChI=1S/C6H11NO/c7-4-6(8)5-2-1-3-5/h5H,1-4,7H2. The SMILES string of the molecule is NCC(=O)C1CCC1. The normalized spacial score (nSPS) is 20.1. The predicted octanol–water partition coefficient (Wildman–Crippen LogP) is 0.314. The topological polar surface area (TPSA) is 43.1 Å². The highest BCUT2D eigenvalue weighted by Gasteiger charge is 2.23. The van der Waals surface area contributed by atoms with Crippen LogP contribution < -0.4 is 5.73 Å². The van der Waals surface area contributed by atoms with Gasteiger partial charge in [-0.3, -0.25) is 4.79 Å². The zero-order chi connectivity index (χ0) is 5.98. The summed E-state index contributed by atoms with van der Waals surface area (Å²) in [4.78, 5) is 10.7. The molecule has 0 amide bonds. The van der Waals surface area contributed by atoms with Gasteiger partial charge in [-0.05, 0) is 12.8 Å². The molecule has 46 valence electrons. The molecule has 1 aliphatic carbocycles. The number of hydrogen-bond donors (Lipinski definition) is 1. The molecule has 0 saturated heterocycles. The van der Waals surface area contributed by atoms with E-state index < -0.39 is 0 Å². The van der Waals surface area contributed by atoms with Crippen LogP contribution in [-0.2, 0) is 4.79 Å². The van der Waals surface area contributed by atoms with Crippen molar-refractivity contribution >= 4 is 5.78 Å². The molecule has 0 bridgehead atoms. The van der Waals surface area contributed by atoms with Crippen LogP contribution in [-0.4, -0.2) is 12.3 Å². The molecular formula is C6H11NO. The van der Waals surface area contributed by atoms with E-state index in [9.17, 15) is 4.79 Å². The Morgan fingerprint density at radius 1 is 1.62 bits per heavy atom. The number of carbonyl (C=O) groups excluding carboxylic acids is 1. The Hall–Kier alpha value is -0.370. The summed E-state index contributed by atoms with van der Waals surface area (Å²) in [6.07, 6.45) is 3.38. The van der Waals surface area contributed by atoms with Gasteiger partial charge in [0.1, 0.15) is 5.78 Å². The van der Waals surface area contributed by atoms with Crippen molar-refractivity contribution in [3.63, 3.8) is 0 Å². The third-order valence-corrected chi connectivity index (χ3v) is 1.76. The molecular weight excluding hydrogens is 102 g/mol. The van der Waals surface area contributed by atoms with Gasteiger partial charge in [0.15, 0.2) is 0 Å². The highest BCUT2D eigenvalue weighted by atomic mass is 16.1. The van der Waals surface area contributed by atoms with Gasteiger partial charge in [0, 0.05) is 5.92 Å². The lowest BCUT2D eigenvalue weighted by molar-refractivity contribution is -0.123. The Balaban J connectivity index is 2.24. The summed E-state index contributed by atoms with van der Waals surface area (Å²) in [5.74, 6) is 0.580. The lowest BCUT2D eigenvalue weighted by Gasteiger charge is -2.22. The van der Waals surface area contributed by atoms with Crippen molar-refractivity contribution in [3.8, 4) is 0 Å². The quantitative estimate of drug-likeness (QED) is 0.560. The van der Waals surface area contributed by atoms with Crippen LogP contribution in [0.5, 0.6) is 0 Å².